The molecule has 0 amide bonds. The van der Waals surface area contributed by atoms with Crippen LogP contribution in [0.3, 0.4) is 0 Å². The van der Waals surface area contributed by atoms with Gasteiger partial charge in [-0.15, -0.1) is 0 Å². The van der Waals surface area contributed by atoms with Gasteiger partial charge >= 0.3 is 5.97 Å². The van der Waals surface area contributed by atoms with Gasteiger partial charge in [-0.2, -0.15) is 0 Å². The predicted molar refractivity (Wildman–Crippen MR) is 90.6 cm³/mol. The lowest BCUT2D eigenvalue weighted by Gasteiger charge is -2.10. The number of methoxy groups -OCH3 is 1. The third-order valence-corrected chi connectivity index (χ3v) is 4.64. The number of hydrogen-bond acceptors (Lipinski definition) is 5. The summed E-state index contributed by atoms with van der Waals surface area (Å²) in [6, 6.07) is 13.1. The number of benzene rings is 2. The van der Waals surface area contributed by atoms with E-state index in [4.69, 9.17) is 4.74 Å². The van der Waals surface area contributed by atoms with Crippen LogP contribution in [0.2, 0.25) is 0 Å². The summed E-state index contributed by atoms with van der Waals surface area (Å²) in [6.45, 7) is 2.09. The van der Waals surface area contributed by atoms with Gasteiger partial charge in [-0.3, -0.25) is 9.52 Å². The lowest BCUT2D eigenvalue weighted by Crippen LogP contribution is -2.13. The molecule has 0 spiro atoms. The Morgan fingerprint density at radius 1 is 1.04 bits per heavy atom. The Bertz CT molecular complexity index is 783. The lowest BCUT2D eigenvalue weighted by atomic mass is 10.2. The Hall–Kier alpha value is -2.54. The van der Waals surface area contributed by atoms with E-state index in [-0.39, 0.29) is 23.9 Å². The van der Waals surface area contributed by atoms with E-state index in [2.05, 4.69) is 9.46 Å². The van der Waals surface area contributed by atoms with Gasteiger partial charge in [0.1, 0.15) is 5.75 Å². The maximum absolute atomic E-state index is 12.3. The molecule has 0 saturated heterocycles. The molecule has 2 rings (SSSR count). The average Bonchev–Trinajstić information content (AvgIpc) is 2.57. The minimum Gasteiger partial charge on any atom is -0.493 e. The molecule has 0 unspecified atom stereocenters. The number of carbonyl (C=O) groups is 1. The van der Waals surface area contributed by atoms with Gasteiger partial charge < -0.3 is 9.47 Å². The van der Waals surface area contributed by atoms with Crippen molar-refractivity contribution in [3.63, 3.8) is 0 Å². The van der Waals surface area contributed by atoms with Crippen LogP contribution in [0, 0.1) is 6.92 Å². The largest absolute Gasteiger partial charge is 0.493 e. The molecular weight excluding hydrogens is 330 g/mol. The number of hydrogen-bond donors (Lipinski definition) is 1. The normalized spacial score (nSPS) is 10.9. The van der Waals surface area contributed by atoms with Crippen molar-refractivity contribution in [2.75, 3.05) is 18.4 Å². The zero-order chi connectivity index (χ0) is 17.6. The van der Waals surface area contributed by atoms with Crippen LogP contribution < -0.4 is 9.46 Å². The van der Waals surface area contributed by atoms with Crippen molar-refractivity contribution in [2.45, 2.75) is 18.2 Å². The van der Waals surface area contributed by atoms with E-state index in [1.807, 2.05) is 19.1 Å². The van der Waals surface area contributed by atoms with Crippen LogP contribution in [0.4, 0.5) is 5.69 Å². The van der Waals surface area contributed by atoms with Crippen molar-refractivity contribution in [1.82, 2.24) is 0 Å². The van der Waals surface area contributed by atoms with Crippen LogP contribution in [0.15, 0.2) is 53.4 Å². The van der Waals surface area contributed by atoms with E-state index in [1.165, 1.54) is 19.2 Å². The summed E-state index contributed by atoms with van der Waals surface area (Å²) in [5.41, 5.74) is 1.55. The number of aryl methyl sites for hydroxylation is 1. The minimum absolute atomic E-state index is 0.128. The first-order valence-electron chi connectivity index (χ1n) is 7.30. The molecule has 128 valence electrons. The number of esters is 1. The van der Waals surface area contributed by atoms with Crippen LogP contribution in [0.1, 0.15) is 12.0 Å². The van der Waals surface area contributed by atoms with Gasteiger partial charge in [-0.25, -0.2) is 8.42 Å². The molecule has 1 N–H and O–H groups in total. The molecule has 6 nitrogen and oxygen atoms in total. The third-order valence-electron chi connectivity index (χ3n) is 3.24. The molecule has 0 radical (unpaired) electrons. The molecule has 24 heavy (non-hydrogen) atoms. The number of nitrogens with one attached hydrogen (secondary N) is 1. The van der Waals surface area contributed by atoms with E-state index in [1.54, 1.807) is 24.3 Å². The SMILES string of the molecule is COC(=O)CCOc1ccc(S(=O)(=O)Nc2ccc(C)cc2)cc1. The second kappa shape index (κ2) is 7.83. The molecule has 2 aromatic rings. The Labute approximate surface area is 141 Å². The maximum Gasteiger partial charge on any atom is 0.308 e. The van der Waals surface area contributed by atoms with Crippen molar-refractivity contribution >= 4 is 21.7 Å². The van der Waals surface area contributed by atoms with E-state index in [0.717, 1.165) is 5.56 Å². The molecule has 0 atom stereocenters. The molecule has 0 heterocycles. The van der Waals surface area contributed by atoms with Crippen molar-refractivity contribution in [1.29, 1.82) is 0 Å². The summed E-state index contributed by atoms with van der Waals surface area (Å²) >= 11 is 0. The highest BCUT2D eigenvalue weighted by Gasteiger charge is 2.14. The second-order valence-corrected chi connectivity index (χ2v) is 6.80. The Morgan fingerprint density at radius 3 is 2.25 bits per heavy atom. The van der Waals surface area contributed by atoms with Gasteiger partial charge in [-0.05, 0) is 43.3 Å². The monoisotopic (exact) mass is 349 g/mol. The van der Waals surface area contributed by atoms with Crippen molar-refractivity contribution in [2.24, 2.45) is 0 Å². The maximum atomic E-state index is 12.3. The molecule has 0 aromatic heterocycles. The van der Waals surface area contributed by atoms with Crippen LogP contribution in [-0.2, 0) is 19.6 Å². The highest BCUT2D eigenvalue weighted by Crippen LogP contribution is 2.19. The predicted octanol–water partition coefficient (Wildman–Crippen LogP) is 2.74. The van der Waals surface area contributed by atoms with Gasteiger partial charge in [0.15, 0.2) is 0 Å². The van der Waals surface area contributed by atoms with Crippen molar-refractivity contribution < 1.29 is 22.7 Å². The van der Waals surface area contributed by atoms with Gasteiger partial charge in [0.05, 0.1) is 25.0 Å². The fourth-order valence-corrected chi connectivity index (χ4v) is 2.96. The van der Waals surface area contributed by atoms with Gasteiger partial charge in [0.2, 0.25) is 0 Å². The first-order chi connectivity index (χ1) is 11.4. The average molecular weight is 349 g/mol. The Kier molecular flexibility index (Phi) is 5.81. The summed E-state index contributed by atoms with van der Waals surface area (Å²) in [7, 11) is -2.35. The summed E-state index contributed by atoms with van der Waals surface area (Å²) in [6.07, 6.45) is 0.130. The molecule has 0 aliphatic heterocycles. The third kappa shape index (κ3) is 4.99. The molecule has 0 saturated carbocycles. The zero-order valence-electron chi connectivity index (χ0n) is 13.5. The van der Waals surface area contributed by atoms with E-state index < -0.39 is 10.0 Å². The first kappa shape index (κ1) is 17.8. The van der Waals surface area contributed by atoms with Gasteiger partial charge in [0, 0.05) is 5.69 Å². The number of rotatable bonds is 7. The lowest BCUT2D eigenvalue weighted by molar-refractivity contribution is -0.141. The number of anilines is 1. The summed E-state index contributed by atoms with van der Waals surface area (Å²) in [4.78, 5) is 11.1. The molecule has 2 aromatic carbocycles. The summed E-state index contributed by atoms with van der Waals surface area (Å²) in [5, 5.41) is 0. The fraction of sp³-hybridized carbons (Fsp3) is 0.235. The molecule has 0 aliphatic rings. The van der Waals surface area contributed by atoms with Crippen LogP contribution in [0.5, 0.6) is 5.75 Å². The second-order valence-electron chi connectivity index (χ2n) is 5.12. The van der Waals surface area contributed by atoms with Crippen molar-refractivity contribution in [3.8, 4) is 5.75 Å². The number of carbonyl (C=O) groups excluding carboxylic acids is 1. The van der Waals surface area contributed by atoms with E-state index >= 15 is 0 Å². The van der Waals surface area contributed by atoms with Crippen molar-refractivity contribution in [3.05, 3.63) is 54.1 Å². The molecule has 7 heteroatoms. The Morgan fingerprint density at radius 2 is 1.67 bits per heavy atom. The fourth-order valence-electron chi connectivity index (χ4n) is 1.90. The quantitative estimate of drug-likeness (QED) is 0.777. The summed E-state index contributed by atoms with van der Waals surface area (Å²) < 4.78 is 37.0. The van der Waals surface area contributed by atoms with Crippen LogP contribution in [-0.4, -0.2) is 28.1 Å². The number of sulfonamides is 1. The minimum atomic E-state index is -3.66. The Balaban J connectivity index is 2.00. The zero-order valence-corrected chi connectivity index (χ0v) is 14.3. The summed E-state index contributed by atoms with van der Waals surface area (Å²) in [5.74, 6) is 0.115. The first-order valence-corrected chi connectivity index (χ1v) is 8.78. The highest BCUT2D eigenvalue weighted by atomic mass is 32.2. The van der Waals surface area contributed by atoms with Crippen LogP contribution in [0.25, 0.3) is 0 Å². The van der Waals surface area contributed by atoms with Gasteiger partial charge in [-0.1, -0.05) is 17.7 Å². The van der Waals surface area contributed by atoms with E-state index in [0.29, 0.717) is 11.4 Å². The molecular formula is C17H19NO5S. The van der Waals surface area contributed by atoms with Crippen LogP contribution >= 0.6 is 0 Å². The highest BCUT2D eigenvalue weighted by molar-refractivity contribution is 7.92. The van der Waals surface area contributed by atoms with E-state index in [9.17, 15) is 13.2 Å². The topological polar surface area (TPSA) is 81.7 Å². The smallest absolute Gasteiger partial charge is 0.308 e. The number of ether oxygens (including phenoxy) is 2. The molecule has 0 fully saturated rings. The van der Waals surface area contributed by atoms with Gasteiger partial charge in [0.25, 0.3) is 10.0 Å². The standard InChI is InChI=1S/C17H19NO5S/c1-13-3-5-14(6-4-13)18-24(20,21)16-9-7-15(8-10-16)23-12-11-17(19)22-2/h3-10,18H,11-12H2,1-2H3. The molecule has 0 aliphatic carbocycles. The molecule has 0 bridgehead atoms.